The first-order valence-electron chi connectivity index (χ1n) is 6.55. The van der Waals surface area contributed by atoms with E-state index in [2.05, 4.69) is 63.9 Å². The minimum Gasteiger partial charge on any atom is -0.372 e. The maximum atomic E-state index is 6.01. The summed E-state index contributed by atoms with van der Waals surface area (Å²) in [6.45, 7) is 8.88. The van der Waals surface area contributed by atoms with Gasteiger partial charge in [-0.1, -0.05) is 32.9 Å². The molecule has 2 N–H and O–H groups in total. The van der Waals surface area contributed by atoms with Gasteiger partial charge >= 0.3 is 0 Å². The molecule has 0 aliphatic rings. The van der Waals surface area contributed by atoms with Crippen molar-refractivity contribution in [3.8, 4) is 0 Å². The van der Waals surface area contributed by atoms with Gasteiger partial charge in [0.25, 0.3) is 0 Å². The molecule has 0 radical (unpaired) electrons. The SMILES string of the molecule is CC[C@@H](N)c1ccc(N(C)C(C)C(C)C)cc1. The maximum absolute atomic E-state index is 6.01. The molecule has 0 amide bonds. The molecule has 0 aliphatic carbocycles. The Kier molecular flexibility index (Phi) is 5.01. The van der Waals surface area contributed by atoms with Gasteiger partial charge in [0.1, 0.15) is 0 Å². The largest absolute Gasteiger partial charge is 0.372 e. The van der Waals surface area contributed by atoms with Crippen LogP contribution in [0, 0.1) is 5.92 Å². The van der Waals surface area contributed by atoms with Gasteiger partial charge in [0, 0.05) is 24.8 Å². The van der Waals surface area contributed by atoms with Crippen LogP contribution in [-0.2, 0) is 0 Å². The van der Waals surface area contributed by atoms with E-state index in [1.54, 1.807) is 0 Å². The third-order valence-corrected chi connectivity index (χ3v) is 3.74. The van der Waals surface area contributed by atoms with Crippen LogP contribution in [0.2, 0.25) is 0 Å². The lowest BCUT2D eigenvalue weighted by molar-refractivity contribution is 0.505. The Labute approximate surface area is 106 Å². The van der Waals surface area contributed by atoms with Gasteiger partial charge in [0.15, 0.2) is 0 Å². The smallest absolute Gasteiger partial charge is 0.0366 e. The summed E-state index contributed by atoms with van der Waals surface area (Å²) in [5.41, 5.74) is 8.50. The summed E-state index contributed by atoms with van der Waals surface area (Å²) >= 11 is 0. The average Bonchev–Trinajstić information content (AvgIpc) is 2.36. The zero-order chi connectivity index (χ0) is 13.0. The Morgan fingerprint density at radius 3 is 2.06 bits per heavy atom. The molecule has 0 aliphatic heterocycles. The van der Waals surface area contributed by atoms with Gasteiger partial charge in [0.2, 0.25) is 0 Å². The molecule has 96 valence electrons. The second-order valence-corrected chi connectivity index (χ2v) is 5.20. The number of nitrogens with two attached hydrogens (primary N) is 1. The highest BCUT2D eigenvalue weighted by atomic mass is 15.1. The fourth-order valence-corrected chi connectivity index (χ4v) is 1.87. The van der Waals surface area contributed by atoms with Gasteiger partial charge in [0.05, 0.1) is 0 Å². The highest BCUT2D eigenvalue weighted by Gasteiger charge is 2.13. The maximum Gasteiger partial charge on any atom is 0.0366 e. The zero-order valence-electron chi connectivity index (χ0n) is 11.8. The minimum atomic E-state index is 0.164. The number of hydrogen-bond donors (Lipinski definition) is 1. The summed E-state index contributed by atoms with van der Waals surface area (Å²) in [5, 5.41) is 0. The van der Waals surface area contributed by atoms with Crippen LogP contribution in [0.3, 0.4) is 0 Å². The zero-order valence-corrected chi connectivity index (χ0v) is 11.8. The summed E-state index contributed by atoms with van der Waals surface area (Å²) in [4.78, 5) is 2.33. The molecule has 0 heterocycles. The molecule has 2 nitrogen and oxygen atoms in total. The van der Waals surface area contributed by atoms with Crippen molar-refractivity contribution in [2.75, 3.05) is 11.9 Å². The lowest BCUT2D eigenvalue weighted by Gasteiger charge is -2.30. The summed E-state index contributed by atoms with van der Waals surface area (Å²) < 4.78 is 0. The van der Waals surface area contributed by atoms with E-state index in [9.17, 15) is 0 Å². The van der Waals surface area contributed by atoms with Gasteiger partial charge in [-0.25, -0.2) is 0 Å². The Hall–Kier alpha value is -1.02. The van der Waals surface area contributed by atoms with Crippen molar-refractivity contribution in [2.45, 2.75) is 46.2 Å². The number of rotatable bonds is 5. The normalized spacial score (nSPS) is 14.8. The van der Waals surface area contributed by atoms with Crippen molar-refractivity contribution >= 4 is 5.69 Å². The second-order valence-electron chi connectivity index (χ2n) is 5.20. The second kappa shape index (κ2) is 6.06. The lowest BCUT2D eigenvalue weighted by Crippen LogP contribution is -2.33. The molecule has 0 aromatic heterocycles. The van der Waals surface area contributed by atoms with Crippen LogP contribution in [0.4, 0.5) is 5.69 Å². The molecule has 17 heavy (non-hydrogen) atoms. The van der Waals surface area contributed by atoms with E-state index in [0.717, 1.165) is 6.42 Å². The third-order valence-electron chi connectivity index (χ3n) is 3.74. The predicted molar refractivity (Wildman–Crippen MR) is 76.4 cm³/mol. The highest BCUT2D eigenvalue weighted by Crippen LogP contribution is 2.22. The lowest BCUT2D eigenvalue weighted by atomic mass is 10.0. The minimum absolute atomic E-state index is 0.164. The monoisotopic (exact) mass is 234 g/mol. The standard InChI is InChI=1S/C15H26N2/c1-6-15(16)13-7-9-14(10-8-13)17(5)12(4)11(2)3/h7-12,15H,6,16H2,1-5H3/t12?,15-/m1/s1. The van der Waals surface area contributed by atoms with Crippen LogP contribution in [0.25, 0.3) is 0 Å². The van der Waals surface area contributed by atoms with E-state index < -0.39 is 0 Å². The Morgan fingerprint density at radius 1 is 1.12 bits per heavy atom. The first kappa shape index (κ1) is 14.0. The molecular formula is C15H26N2. The summed E-state index contributed by atoms with van der Waals surface area (Å²) in [5.74, 6) is 0.651. The third kappa shape index (κ3) is 3.47. The molecular weight excluding hydrogens is 208 g/mol. The van der Waals surface area contributed by atoms with Crippen LogP contribution >= 0.6 is 0 Å². The Bertz CT molecular complexity index is 329. The fraction of sp³-hybridized carbons (Fsp3) is 0.600. The van der Waals surface area contributed by atoms with Crippen molar-refractivity contribution in [3.63, 3.8) is 0 Å². The number of anilines is 1. The van der Waals surface area contributed by atoms with E-state index >= 15 is 0 Å². The molecule has 2 atom stereocenters. The van der Waals surface area contributed by atoms with Crippen molar-refractivity contribution in [2.24, 2.45) is 11.7 Å². The molecule has 1 unspecified atom stereocenters. The van der Waals surface area contributed by atoms with E-state index in [-0.39, 0.29) is 6.04 Å². The van der Waals surface area contributed by atoms with Crippen LogP contribution in [-0.4, -0.2) is 13.1 Å². The molecule has 1 rings (SSSR count). The van der Waals surface area contributed by atoms with Crippen molar-refractivity contribution in [1.29, 1.82) is 0 Å². The van der Waals surface area contributed by atoms with Gasteiger partial charge in [-0.05, 0) is 37.0 Å². The number of nitrogens with zero attached hydrogens (tertiary/aromatic N) is 1. The van der Waals surface area contributed by atoms with Crippen LogP contribution in [0.15, 0.2) is 24.3 Å². The molecule has 1 aromatic rings. The van der Waals surface area contributed by atoms with Gasteiger partial charge in [-0.2, -0.15) is 0 Å². The van der Waals surface area contributed by atoms with Crippen LogP contribution < -0.4 is 10.6 Å². The number of benzene rings is 1. The highest BCUT2D eigenvalue weighted by molar-refractivity contribution is 5.48. The summed E-state index contributed by atoms with van der Waals surface area (Å²) in [7, 11) is 2.15. The van der Waals surface area contributed by atoms with Crippen LogP contribution in [0.1, 0.15) is 45.7 Å². The first-order valence-corrected chi connectivity index (χ1v) is 6.55. The van der Waals surface area contributed by atoms with Gasteiger partial charge < -0.3 is 10.6 Å². The van der Waals surface area contributed by atoms with Gasteiger partial charge in [-0.15, -0.1) is 0 Å². The van der Waals surface area contributed by atoms with E-state index in [0.29, 0.717) is 12.0 Å². The Balaban J connectivity index is 2.80. The predicted octanol–water partition coefficient (Wildman–Crippen LogP) is 3.58. The number of hydrogen-bond acceptors (Lipinski definition) is 2. The molecule has 0 saturated carbocycles. The van der Waals surface area contributed by atoms with Crippen molar-refractivity contribution in [1.82, 2.24) is 0 Å². The summed E-state index contributed by atoms with van der Waals surface area (Å²) in [6.07, 6.45) is 0.984. The quantitative estimate of drug-likeness (QED) is 0.844. The van der Waals surface area contributed by atoms with E-state index in [4.69, 9.17) is 5.73 Å². The van der Waals surface area contributed by atoms with Crippen LogP contribution in [0.5, 0.6) is 0 Å². The molecule has 0 fully saturated rings. The van der Waals surface area contributed by atoms with Crippen molar-refractivity contribution in [3.05, 3.63) is 29.8 Å². The molecule has 0 spiro atoms. The topological polar surface area (TPSA) is 29.3 Å². The molecule has 0 bridgehead atoms. The first-order chi connectivity index (χ1) is 7.97. The molecule has 1 aromatic carbocycles. The van der Waals surface area contributed by atoms with E-state index in [1.165, 1.54) is 11.3 Å². The molecule has 0 saturated heterocycles. The van der Waals surface area contributed by atoms with E-state index in [1.807, 2.05) is 0 Å². The van der Waals surface area contributed by atoms with Gasteiger partial charge in [-0.3, -0.25) is 0 Å². The fourth-order valence-electron chi connectivity index (χ4n) is 1.87. The Morgan fingerprint density at radius 2 is 1.65 bits per heavy atom. The average molecular weight is 234 g/mol. The van der Waals surface area contributed by atoms with Crippen molar-refractivity contribution < 1.29 is 0 Å². The molecule has 2 heteroatoms. The summed E-state index contributed by atoms with van der Waals surface area (Å²) in [6, 6.07) is 9.34.